The second kappa shape index (κ2) is 5.16. The van der Waals surface area contributed by atoms with Gasteiger partial charge in [-0.25, -0.2) is 0 Å². The Hall–Kier alpha value is -1.29. The lowest BCUT2D eigenvalue weighted by Gasteiger charge is -2.40. The number of rotatable bonds is 4. The van der Waals surface area contributed by atoms with Crippen LogP contribution in [0.15, 0.2) is 16.5 Å². The molecule has 4 nitrogen and oxygen atoms in total. The third-order valence-corrected chi connectivity index (χ3v) is 5.31. The fraction of sp³-hybridized carbons (Fsp3) is 0.706. The Kier molecular flexibility index (Phi) is 3.29. The molecule has 1 aliphatic carbocycles. The summed E-state index contributed by atoms with van der Waals surface area (Å²) in [4.78, 5) is 17.0. The first kappa shape index (κ1) is 13.4. The van der Waals surface area contributed by atoms with Gasteiger partial charge in [0.2, 0.25) is 5.91 Å². The monoisotopic (exact) mass is 288 g/mol. The third kappa shape index (κ3) is 2.61. The topological polar surface area (TPSA) is 36.7 Å². The number of carbonyl (C=O) groups is 1. The van der Waals surface area contributed by atoms with Gasteiger partial charge in [-0.3, -0.25) is 9.69 Å². The van der Waals surface area contributed by atoms with Gasteiger partial charge in [0.15, 0.2) is 0 Å². The lowest BCUT2D eigenvalue weighted by molar-refractivity contribution is -0.138. The Morgan fingerprint density at radius 3 is 2.76 bits per heavy atom. The van der Waals surface area contributed by atoms with Crippen molar-refractivity contribution in [1.29, 1.82) is 0 Å². The molecule has 21 heavy (non-hydrogen) atoms. The van der Waals surface area contributed by atoms with Crippen molar-refractivity contribution in [3.05, 3.63) is 23.7 Å². The number of likely N-dealkylation sites (tertiary alicyclic amines) is 2. The van der Waals surface area contributed by atoms with Gasteiger partial charge < -0.3 is 9.32 Å². The summed E-state index contributed by atoms with van der Waals surface area (Å²) >= 11 is 0. The van der Waals surface area contributed by atoms with E-state index in [1.54, 1.807) is 0 Å². The van der Waals surface area contributed by atoms with E-state index in [4.69, 9.17) is 4.42 Å². The first-order valence-corrected chi connectivity index (χ1v) is 8.29. The lowest BCUT2D eigenvalue weighted by Crippen LogP contribution is -2.52. The van der Waals surface area contributed by atoms with Gasteiger partial charge in [0.05, 0.1) is 6.54 Å². The molecule has 1 amide bonds. The zero-order valence-electron chi connectivity index (χ0n) is 12.8. The summed E-state index contributed by atoms with van der Waals surface area (Å²) in [6.45, 7) is 4.98. The molecule has 0 N–H and O–H groups in total. The molecule has 114 valence electrons. The quantitative estimate of drug-likeness (QED) is 0.854. The zero-order valence-corrected chi connectivity index (χ0v) is 12.8. The summed E-state index contributed by atoms with van der Waals surface area (Å²) in [5, 5.41) is 0. The molecule has 3 aliphatic rings. The van der Waals surface area contributed by atoms with Crippen molar-refractivity contribution < 1.29 is 9.21 Å². The van der Waals surface area contributed by atoms with E-state index in [0.717, 1.165) is 56.3 Å². The van der Waals surface area contributed by atoms with E-state index in [-0.39, 0.29) is 0 Å². The maximum Gasteiger partial charge on any atom is 0.222 e. The summed E-state index contributed by atoms with van der Waals surface area (Å²) in [6, 6.07) is 5.10. The minimum absolute atomic E-state index is 0.388. The predicted octanol–water partition coefficient (Wildman–Crippen LogP) is 2.56. The van der Waals surface area contributed by atoms with Crippen LogP contribution in [0.25, 0.3) is 0 Å². The molecule has 3 fully saturated rings. The Bertz CT molecular complexity index is 535. The number of hydrogen-bond donors (Lipinski definition) is 0. The molecule has 2 saturated heterocycles. The van der Waals surface area contributed by atoms with E-state index in [1.165, 1.54) is 12.8 Å². The van der Waals surface area contributed by atoms with Crippen LogP contribution < -0.4 is 0 Å². The molecular weight excluding hydrogens is 264 g/mol. The molecule has 2 atom stereocenters. The van der Waals surface area contributed by atoms with E-state index in [1.807, 2.05) is 13.0 Å². The number of hydrogen-bond acceptors (Lipinski definition) is 3. The fourth-order valence-electron chi connectivity index (χ4n) is 4.02. The van der Waals surface area contributed by atoms with Crippen LogP contribution in [-0.2, 0) is 11.3 Å². The van der Waals surface area contributed by atoms with Crippen molar-refractivity contribution in [1.82, 2.24) is 9.80 Å². The highest BCUT2D eigenvalue weighted by molar-refractivity contribution is 5.77. The highest BCUT2D eigenvalue weighted by Crippen LogP contribution is 2.37. The summed E-state index contributed by atoms with van der Waals surface area (Å²) in [5.41, 5.74) is 0. The highest BCUT2D eigenvalue weighted by Gasteiger charge is 2.44. The van der Waals surface area contributed by atoms with E-state index < -0.39 is 0 Å². The number of carbonyl (C=O) groups excluding carboxylic acids is 1. The van der Waals surface area contributed by atoms with Crippen LogP contribution in [0.1, 0.15) is 43.6 Å². The number of nitrogens with zero attached hydrogens (tertiary/aromatic N) is 2. The van der Waals surface area contributed by atoms with Crippen molar-refractivity contribution in [2.45, 2.75) is 57.7 Å². The molecule has 0 aromatic carbocycles. The van der Waals surface area contributed by atoms with E-state index in [9.17, 15) is 4.79 Å². The predicted molar refractivity (Wildman–Crippen MR) is 79.7 cm³/mol. The first-order valence-electron chi connectivity index (χ1n) is 8.29. The molecule has 1 aromatic heterocycles. The number of amides is 1. The van der Waals surface area contributed by atoms with Crippen molar-refractivity contribution in [2.75, 3.05) is 13.1 Å². The molecule has 0 radical (unpaired) electrons. The van der Waals surface area contributed by atoms with Crippen LogP contribution >= 0.6 is 0 Å². The van der Waals surface area contributed by atoms with Crippen LogP contribution in [0, 0.1) is 12.8 Å². The first-order chi connectivity index (χ1) is 10.2. The Morgan fingerprint density at radius 2 is 2.05 bits per heavy atom. The molecule has 1 saturated carbocycles. The molecular formula is C17H24N2O2. The second-order valence-electron chi connectivity index (χ2n) is 6.93. The minimum atomic E-state index is 0.388. The molecule has 0 spiro atoms. The van der Waals surface area contributed by atoms with E-state index in [0.29, 0.717) is 18.0 Å². The van der Waals surface area contributed by atoms with Crippen molar-refractivity contribution in [2.24, 2.45) is 5.92 Å². The zero-order chi connectivity index (χ0) is 14.4. The van der Waals surface area contributed by atoms with E-state index in [2.05, 4.69) is 15.9 Å². The summed E-state index contributed by atoms with van der Waals surface area (Å²) in [5.74, 6) is 3.21. The van der Waals surface area contributed by atoms with Crippen molar-refractivity contribution in [3.8, 4) is 0 Å². The smallest absolute Gasteiger partial charge is 0.222 e. The standard InChI is InChI=1S/C17H24N2O2/c1-12-2-5-14(21-12)11-18-9-8-16-15(18)6-7-17(20)19(16)10-13-3-4-13/h2,5,13,15-16H,3-4,6-11H2,1H3/t15-,16-/m1/s1. The SMILES string of the molecule is Cc1ccc(CN2CC[C@@H]3[C@H]2CCC(=O)N3CC2CC2)o1. The average Bonchev–Trinajstić information content (AvgIpc) is 3.06. The maximum absolute atomic E-state index is 12.3. The van der Waals surface area contributed by atoms with Crippen LogP contribution in [0.5, 0.6) is 0 Å². The van der Waals surface area contributed by atoms with Crippen molar-refractivity contribution >= 4 is 5.91 Å². The van der Waals surface area contributed by atoms with Crippen LogP contribution in [0.3, 0.4) is 0 Å². The molecule has 0 unspecified atom stereocenters. The van der Waals surface area contributed by atoms with Gasteiger partial charge in [-0.15, -0.1) is 0 Å². The fourth-order valence-corrected chi connectivity index (χ4v) is 4.02. The molecule has 2 aliphatic heterocycles. The Morgan fingerprint density at radius 1 is 1.19 bits per heavy atom. The van der Waals surface area contributed by atoms with Gasteiger partial charge in [0.1, 0.15) is 11.5 Å². The minimum Gasteiger partial charge on any atom is -0.465 e. The Labute approximate surface area is 126 Å². The third-order valence-electron chi connectivity index (χ3n) is 5.31. The normalized spacial score (nSPS) is 30.0. The van der Waals surface area contributed by atoms with Gasteiger partial charge in [0, 0.05) is 31.6 Å². The van der Waals surface area contributed by atoms with Gasteiger partial charge in [0.25, 0.3) is 0 Å². The van der Waals surface area contributed by atoms with Crippen LogP contribution in [0.2, 0.25) is 0 Å². The second-order valence-corrected chi connectivity index (χ2v) is 6.93. The van der Waals surface area contributed by atoms with Gasteiger partial charge in [-0.2, -0.15) is 0 Å². The average molecular weight is 288 g/mol. The summed E-state index contributed by atoms with van der Waals surface area (Å²) < 4.78 is 5.73. The van der Waals surface area contributed by atoms with Crippen molar-refractivity contribution in [3.63, 3.8) is 0 Å². The summed E-state index contributed by atoms with van der Waals surface area (Å²) in [6.07, 6.45) is 5.50. The number of piperidine rings is 1. The van der Waals surface area contributed by atoms with Gasteiger partial charge >= 0.3 is 0 Å². The maximum atomic E-state index is 12.3. The molecule has 1 aromatic rings. The van der Waals surface area contributed by atoms with Gasteiger partial charge in [-0.05, 0) is 50.7 Å². The Balaban J connectivity index is 1.46. The largest absolute Gasteiger partial charge is 0.465 e. The number of fused-ring (bicyclic) bond motifs is 1. The molecule has 4 heteroatoms. The highest BCUT2D eigenvalue weighted by atomic mass is 16.3. The van der Waals surface area contributed by atoms with Crippen LogP contribution in [0.4, 0.5) is 0 Å². The van der Waals surface area contributed by atoms with Crippen LogP contribution in [-0.4, -0.2) is 40.9 Å². The molecule has 0 bridgehead atoms. The number of furan rings is 1. The summed E-state index contributed by atoms with van der Waals surface area (Å²) in [7, 11) is 0. The molecule has 3 heterocycles. The lowest BCUT2D eigenvalue weighted by atomic mass is 9.96. The molecule has 4 rings (SSSR count). The number of aryl methyl sites for hydroxylation is 1. The van der Waals surface area contributed by atoms with E-state index >= 15 is 0 Å². The van der Waals surface area contributed by atoms with Gasteiger partial charge in [-0.1, -0.05) is 0 Å².